The molecule has 1 aliphatic heterocycles. The SMILES string of the molecule is Cc1ccc(NC(N)=NCCCN2CCCC2=O)cc1.I. The molecular weight excluding hydrogens is 379 g/mol. The Labute approximate surface area is 143 Å². The van der Waals surface area contributed by atoms with E-state index in [-0.39, 0.29) is 29.9 Å². The number of hydrogen-bond acceptors (Lipinski definition) is 2. The van der Waals surface area contributed by atoms with Crippen LogP contribution in [0.25, 0.3) is 0 Å². The van der Waals surface area contributed by atoms with Gasteiger partial charge in [-0.1, -0.05) is 17.7 Å². The fraction of sp³-hybridized carbons (Fsp3) is 0.467. The van der Waals surface area contributed by atoms with Crippen LogP contribution in [0.15, 0.2) is 29.3 Å². The molecule has 1 aliphatic rings. The van der Waals surface area contributed by atoms with Gasteiger partial charge in [0, 0.05) is 31.7 Å². The summed E-state index contributed by atoms with van der Waals surface area (Å²) in [6, 6.07) is 7.99. The van der Waals surface area contributed by atoms with Gasteiger partial charge in [-0.2, -0.15) is 0 Å². The van der Waals surface area contributed by atoms with Crippen molar-refractivity contribution < 1.29 is 4.79 Å². The molecule has 0 saturated carbocycles. The van der Waals surface area contributed by atoms with Gasteiger partial charge in [0.05, 0.1) is 0 Å². The molecular formula is C15H23IN4O. The number of nitrogens with one attached hydrogen (secondary N) is 1. The van der Waals surface area contributed by atoms with Crippen molar-refractivity contribution in [2.45, 2.75) is 26.2 Å². The molecule has 0 unspecified atom stereocenters. The van der Waals surface area contributed by atoms with E-state index in [9.17, 15) is 4.79 Å². The van der Waals surface area contributed by atoms with Crippen LogP contribution in [0, 0.1) is 6.92 Å². The maximum absolute atomic E-state index is 11.4. The number of rotatable bonds is 5. The van der Waals surface area contributed by atoms with E-state index in [2.05, 4.69) is 10.3 Å². The van der Waals surface area contributed by atoms with E-state index in [1.54, 1.807) is 0 Å². The summed E-state index contributed by atoms with van der Waals surface area (Å²) in [4.78, 5) is 17.6. The fourth-order valence-corrected chi connectivity index (χ4v) is 2.23. The number of aryl methyl sites for hydroxylation is 1. The Morgan fingerprint density at radius 3 is 2.71 bits per heavy atom. The van der Waals surface area contributed by atoms with Gasteiger partial charge >= 0.3 is 0 Å². The standard InChI is InChI=1S/C15H22N4O.HI/c1-12-5-7-13(8-6-12)18-15(16)17-9-3-11-19-10-2-4-14(19)20;/h5-8H,2-4,9-11H2,1H3,(H3,16,17,18);1H. The van der Waals surface area contributed by atoms with Gasteiger partial charge in [-0.25, -0.2) is 0 Å². The zero-order valence-corrected chi connectivity index (χ0v) is 14.7. The summed E-state index contributed by atoms with van der Waals surface area (Å²) in [5.41, 5.74) is 7.97. The highest BCUT2D eigenvalue weighted by Gasteiger charge is 2.18. The number of amides is 1. The molecule has 21 heavy (non-hydrogen) atoms. The average molecular weight is 402 g/mol. The second kappa shape index (κ2) is 8.86. The number of halogens is 1. The van der Waals surface area contributed by atoms with Crippen molar-refractivity contribution in [2.24, 2.45) is 10.7 Å². The Morgan fingerprint density at radius 2 is 2.10 bits per heavy atom. The molecule has 1 saturated heterocycles. The van der Waals surface area contributed by atoms with Gasteiger partial charge in [0.15, 0.2) is 5.96 Å². The Hall–Kier alpha value is -1.31. The van der Waals surface area contributed by atoms with Gasteiger partial charge < -0.3 is 16.0 Å². The van der Waals surface area contributed by atoms with Gasteiger partial charge in [0.1, 0.15) is 0 Å². The predicted octanol–water partition coefficient (Wildman–Crippen LogP) is 2.35. The monoisotopic (exact) mass is 402 g/mol. The van der Waals surface area contributed by atoms with Gasteiger partial charge in [0.2, 0.25) is 5.91 Å². The van der Waals surface area contributed by atoms with Crippen molar-refractivity contribution in [2.75, 3.05) is 25.0 Å². The highest BCUT2D eigenvalue weighted by Crippen LogP contribution is 2.10. The number of nitrogens with two attached hydrogens (primary N) is 1. The molecule has 1 aromatic carbocycles. The summed E-state index contributed by atoms with van der Waals surface area (Å²) < 4.78 is 0. The molecule has 116 valence electrons. The van der Waals surface area contributed by atoms with Gasteiger partial charge in [-0.15, -0.1) is 24.0 Å². The van der Waals surface area contributed by atoms with E-state index in [0.717, 1.165) is 31.6 Å². The van der Waals surface area contributed by atoms with Crippen molar-refractivity contribution in [1.82, 2.24) is 4.90 Å². The molecule has 1 fully saturated rings. The van der Waals surface area contributed by atoms with E-state index in [4.69, 9.17) is 5.73 Å². The first-order chi connectivity index (χ1) is 9.65. The maximum atomic E-state index is 11.4. The lowest BCUT2D eigenvalue weighted by molar-refractivity contribution is -0.127. The largest absolute Gasteiger partial charge is 0.370 e. The number of nitrogens with zero attached hydrogens (tertiary/aromatic N) is 2. The number of hydrogen-bond donors (Lipinski definition) is 2. The van der Waals surface area contributed by atoms with Crippen molar-refractivity contribution in [3.8, 4) is 0 Å². The van der Waals surface area contributed by atoms with Crippen LogP contribution < -0.4 is 11.1 Å². The summed E-state index contributed by atoms with van der Waals surface area (Å²) in [5.74, 6) is 0.682. The van der Waals surface area contributed by atoms with Gasteiger partial charge in [-0.05, 0) is 31.9 Å². The second-order valence-electron chi connectivity index (χ2n) is 5.10. The highest BCUT2D eigenvalue weighted by molar-refractivity contribution is 14.0. The van der Waals surface area contributed by atoms with Crippen LogP contribution >= 0.6 is 24.0 Å². The molecule has 0 aliphatic carbocycles. The van der Waals surface area contributed by atoms with E-state index in [0.29, 0.717) is 18.9 Å². The third-order valence-corrected chi connectivity index (χ3v) is 3.36. The lowest BCUT2D eigenvalue weighted by Gasteiger charge is -2.14. The van der Waals surface area contributed by atoms with Crippen LogP contribution in [0.5, 0.6) is 0 Å². The molecule has 0 spiro atoms. The summed E-state index contributed by atoms with van der Waals surface area (Å²) >= 11 is 0. The van der Waals surface area contributed by atoms with E-state index >= 15 is 0 Å². The summed E-state index contributed by atoms with van der Waals surface area (Å²) in [6.07, 6.45) is 2.53. The third-order valence-electron chi connectivity index (χ3n) is 3.36. The molecule has 3 N–H and O–H groups in total. The number of guanidine groups is 1. The summed E-state index contributed by atoms with van der Waals surface area (Å²) in [7, 11) is 0. The van der Waals surface area contributed by atoms with Crippen LogP contribution in [0.3, 0.4) is 0 Å². The van der Waals surface area contributed by atoms with Crippen LogP contribution in [-0.2, 0) is 4.79 Å². The van der Waals surface area contributed by atoms with Crippen molar-refractivity contribution in [1.29, 1.82) is 0 Å². The van der Waals surface area contributed by atoms with E-state index in [1.807, 2.05) is 36.1 Å². The number of likely N-dealkylation sites (tertiary alicyclic amines) is 1. The quantitative estimate of drug-likeness (QED) is 0.344. The Morgan fingerprint density at radius 1 is 1.38 bits per heavy atom. The molecule has 0 aromatic heterocycles. The smallest absolute Gasteiger partial charge is 0.222 e. The first-order valence-corrected chi connectivity index (χ1v) is 7.06. The van der Waals surface area contributed by atoms with Crippen molar-refractivity contribution >= 4 is 41.5 Å². The number of carbonyl (C=O) groups excluding carboxylic acids is 1. The number of carbonyl (C=O) groups is 1. The Kier molecular flexibility index (Phi) is 7.49. The van der Waals surface area contributed by atoms with Crippen LogP contribution in [0.2, 0.25) is 0 Å². The number of benzene rings is 1. The Bertz CT molecular complexity index is 487. The molecule has 1 amide bonds. The first-order valence-electron chi connectivity index (χ1n) is 7.06. The average Bonchev–Trinajstić information content (AvgIpc) is 2.83. The number of aliphatic imine (C=N–C) groups is 1. The molecule has 1 aromatic rings. The molecule has 0 radical (unpaired) electrons. The maximum Gasteiger partial charge on any atom is 0.222 e. The topological polar surface area (TPSA) is 70.7 Å². The van der Waals surface area contributed by atoms with Gasteiger partial charge in [-0.3, -0.25) is 9.79 Å². The minimum Gasteiger partial charge on any atom is -0.370 e. The van der Waals surface area contributed by atoms with Crippen LogP contribution in [0.1, 0.15) is 24.8 Å². The lowest BCUT2D eigenvalue weighted by atomic mass is 10.2. The van der Waals surface area contributed by atoms with Crippen LogP contribution in [-0.4, -0.2) is 36.4 Å². The number of anilines is 1. The molecule has 6 heteroatoms. The molecule has 0 atom stereocenters. The zero-order chi connectivity index (χ0) is 14.4. The zero-order valence-electron chi connectivity index (χ0n) is 12.3. The predicted molar refractivity (Wildman–Crippen MR) is 97.1 cm³/mol. The first kappa shape index (κ1) is 17.7. The molecule has 1 heterocycles. The normalized spacial score (nSPS) is 15.0. The summed E-state index contributed by atoms with van der Waals surface area (Å²) in [6.45, 7) is 4.34. The Balaban J connectivity index is 0.00000220. The summed E-state index contributed by atoms with van der Waals surface area (Å²) in [5, 5.41) is 3.05. The second-order valence-corrected chi connectivity index (χ2v) is 5.10. The highest BCUT2D eigenvalue weighted by atomic mass is 127. The lowest BCUT2D eigenvalue weighted by Crippen LogP contribution is -2.27. The minimum atomic E-state index is 0. The molecule has 5 nitrogen and oxygen atoms in total. The van der Waals surface area contributed by atoms with Crippen molar-refractivity contribution in [3.63, 3.8) is 0 Å². The third kappa shape index (κ3) is 5.91. The van der Waals surface area contributed by atoms with E-state index < -0.39 is 0 Å². The van der Waals surface area contributed by atoms with Crippen LogP contribution in [0.4, 0.5) is 5.69 Å². The minimum absolute atomic E-state index is 0. The van der Waals surface area contributed by atoms with Crippen molar-refractivity contribution in [3.05, 3.63) is 29.8 Å². The van der Waals surface area contributed by atoms with Gasteiger partial charge in [0.25, 0.3) is 0 Å². The molecule has 0 bridgehead atoms. The fourth-order valence-electron chi connectivity index (χ4n) is 2.23. The molecule has 2 rings (SSSR count). The van der Waals surface area contributed by atoms with E-state index in [1.165, 1.54) is 5.56 Å².